The number of carboxylic acids is 1. The minimum absolute atomic E-state index is 0.0186. The van der Waals surface area contributed by atoms with Crippen LogP contribution in [0.3, 0.4) is 0 Å². The van der Waals surface area contributed by atoms with Crippen molar-refractivity contribution in [1.82, 2.24) is 10.2 Å². The van der Waals surface area contributed by atoms with Gasteiger partial charge >= 0.3 is 5.97 Å². The van der Waals surface area contributed by atoms with Gasteiger partial charge in [0, 0.05) is 70.5 Å². The predicted molar refractivity (Wildman–Crippen MR) is 285 cm³/mol. The van der Waals surface area contributed by atoms with Gasteiger partial charge in [0.15, 0.2) is 0 Å². The molecule has 0 unspecified atom stereocenters. The lowest BCUT2D eigenvalue weighted by Crippen LogP contribution is -2.59. The van der Waals surface area contributed by atoms with E-state index in [0.29, 0.717) is 61.5 Å². The van der Waals surface area contributed by atoms with Crippen molar-refractivity contribution < 1.29 is 24.2 Å². The fourth-order valence-corrected chi connectivity index (χ4v) is 10.3. The number of anilines is 2. The van der Waals surface area contributed by atoms with Gasteiger partial charge < -0.3 is 34.6 Å². The maximum absolute atomic E-state index is 13.5. The minimum atomic E-state index is -0.840. The van der Waals surface area contributed by atoms with Gasteiger partial charge in [0.05, 0.1) is 71.6 Å². The molecule has 2 aliphatic heterocycles. The molecule has 17 heteroatoms. The Kier molecular flexibility index (Phi) is 20.9. The molecule has 6 aromatic rings. The number of carbonyl (C=O) groups is 2. The summed E-state index contributed by atoms with van der Waals surface area (Å²) in [6.45, 7) is 3.78. The van der Waals surface area contributed by atoms with Crippen LogP contribution in [0, 0.1) is 0 Å². The molecule has 2 heterocycles. The van der Waals surface area contributed by atoms with Crippen LogP contribution in [0.4, 0.5) is 11.4 Å². The number of halogens is 8. The van der Waals surface area contributed by atoms with Gasteiger partial charge in [-0.15, -0.1) is 0 Å². The van der Waals surface area contributed by atoms with Crippen LogP contribution in [0.2, 0.25) is 40.2 Å². The SMILES string of the molecule is COC[C@@H]1NCCN(c2ccc(Cl)cc2Cl)[C@H]1c1ccc(Cl)cc1.COC[C@H]1[C@H](c2ccc(Cl)cc2)N(c2ccc(Cl)cc2Cl)CCN1C(=O)Cc1cccc(Cl)c1.O=C(O)Cc1cccc(Cl)c1. The third-order valence-corrected chi connectivity index (χ3v) is 13.6. The first-order valence-electron chi connectivity index (χ1n) is 21.8. The minimum Gasteiger partial charge on any atom is -0.481 e. The molecule has 2 saturated heterocycles. The zero-order valence-electron chi connectivity index (χ0n) is 37.6. The van der Waals surface area contributed by atoms with E-state index in [1.54, 1.807) is 56.7 Å². The lowest BCUT2D eigenvalue weighted by Gasteiger charge is -2.49. The van der Waals surface area contributed by atoms with Crippen LogP contribution in [0.15, 0.2) is 133 Å². The summed E-state index contributed by atoms with van der Waals surface area (Å²) in [5.74, 6) is -0.822. The zero-order valence-corrected chi connectivity index (χ0v) is 43.7. The van der Waals surface area contributed by atoms with E-state index >= 15 is 0 Å². The van der Waals surface area contributed by atoms with Crippen molar-refractivity contribution >= 4 is 116 Å². The zero-order chi connectivity index (χ0) is 49.6. The van der Waals surface area contributed by atoms with Crippen molar-refractivity contribution in [3.8, 4) is 0 Å². The Morgan fingerprint density at radius 3 is 1.49 bits per heavy atom. The van der Waals surface area contributed by atoms with Gasteiger partial charge in [-0.05, 0) is 107 Å². The molecule has 0 radical (unpaired) electrons. The van der Waals surface area contributed by atoms with E-state index in [1.165, 1.54) is 5.56 Å². The quantitative estimate of drug-likeness (QED) is 0.125. The van der Waals surface area contributed by atoms with E-state index in [0.717, 1.165) is 46.2 Å². The van der Waals surface area contributed by atoms with Crippen LogP contribution >= 0.6 is 92.8 Å². The van der Waals surface area contributed by atoms with Gasteiger partial charge in [-0.3, -0.25) is 9.59 Å². The summed E-state index contributed by atoms with van der Waals surface area (Å²) in [4.78, 5) is 30.2. The number of nitrogens with one attached hydrogen (secondary N) is 1. The fourth-order valence-electron chi connectivity index (χ4n) is 8.58. The Hall–Kier alpha value is -3.94. The molecule has 0 spiro atoms. The third-order valence-electron chi connectivity index (χ3n) is 11.5. The van der Waals surface area contributed by atoms with Crippen LogP contribution < -0.4 is 15.1 Å². The molecule has 1 amide bonds. The smallest absolute Gasteiger partial charge is 0.307 e. The number of aliphatic carboxylic acids is 1. The molecule has 69 heavy (non-hydrogen) atoms. The summed E-state index contributed by atoms with van der Waals surface area (Å²) in [7, 11) is 3.36. The van der Waals surface area contributed by atoms with E-state index in [4.69, 9.17) is 107 Å². The molecule has 364 valence electrons. The molecule has 8 rings (SSSR count). The Balaban J connectivity index is 0.000000193. The maximum Gasteiger partial charge on any atom is 0.307 e. The number of piperazine rings is 2. The molecule has 2 fully saturated rings. The molecule has 4 atom stereocenters. The van der Waals surface area contributed by atoms with Gasteiger partial charge in [0.1, 0.15) is 0 Å². The van der Waals surface area contributed by atoms with Crippen LogP contribution in [-0.4, -0.2) is 87.6 Å². The van der Waals surface area contributed by atoms with Crippen LogP contribution in [0.5, 0.6) is 0 Å². The number of amides is 1. The van der Waals surface area contributed by atoms with Crippen molar-refractivity contribution in [2.75, 3.05) is 63.4 Å². The van der Waals surface area contributed by atoms with Crippen molar-refractivity contribution in [2.45, 2.75) is 37.0 Å². The number of hydrogen-bond acceptors (Lipinski definition) is 7. The van der Waals surface area contributed by atoms with Gasteiger partial charge in [-0.1, -0.05) is 141 Å². The molecule has 2 N–H and O–H groups in total. The summed E-state index contributed by atoms with van der Waals surface area (Å²) < 4.78 is 11.0. The van der Waals surface area contributed by atoms with Crippen molar-refractivity contribution in [3.63, 3.8) is 0 Å². The van der Waals surface area contributed by atoms with E-state index in [-0.39, 0.29) is 42.9 Å². The lowest BCUT2D eigenvalue weighted by molar-refractivity contribution is -0.136. The molecular weight excluding hydrogens is 1040 g/mol. The van der Waals surface area contributed by atoms with E-state index in [2.05, 4.69) is 27.2 Å². The largest absolute Gasteiger partial charge is 0.481 e. The maximum atomic E-state index is 13.5. The van der Waals surface area contributed by atoms with Crippen molar-refractivity contribution in [1.29, 1.82) is 0 Å². The topological polar surface area (TPSA) is 94.6 Å². The second-order valence-electron chi connectivity index (χ2n) is 16.2. The van der Waals surface area contributed by atoms with Crippen molar-refractivity contribution in [2.24, 2.45) is 0 Å². The standard InChI is InChI=1S/C26H24Cl4N2O2.C18H19Cl3N2O.C8H7ClO2/c1-34-16-24-26(18-5-7-19(27)8-6-18)32(23-10-9-21(29)15-22(23)30)12-11-31(24)25(33)14-17-3-2-4-20(28)13-17;1-24-11-16-18(12-2-4-13(19)5-3-12)23(9-8-22-16)17-7-6-14(20)10-15(17)21;9-7-3-1-2-6(4-7)5-8(10)11/h2-10,13,15,24,26H,11-12,14,16H2,1H3;2-7,10,16,18,22H,8-9,11H2,1H3;1-4H,5H2,(H,10,11)/t24-,26-;16-,18-;/m00./s1. The van der Waals surface area contributed by atoms with E-state index in [1.807, 2.05) is 83.8 Å². The Labute approximate surface area is 443 Å². The number of ether oxygens (including phenoxy) is 2. The first-order valence-corrected chi connectivity index (χ1v) is 24.8. The van der Waals surface area contributed by atoms with Crippen LogP contribution in [0.25, 0.3) is 0 Å². The average Bonchev–Trinajstić information content (AvgIpc) is 3.30. The van der Waals surface area contributed by atoms with Crippen LogP contribution in [0.1, 0.15) is 34.3 Å². The molecule has 9 nitrogen and oxygen atoms in total. The van der Waals surface area contributed by atoms with E-state index < -0.39 is 5.97 Å². The van der Waals surface area contributed by atoms with Gasteiger partial charge in [-0.25, -0.2) is 0 Å². The highest BCUT2D eigenvalue weighted by Gasteiger charge is 2.41. The number of nitrogens with zero attached hydrogens (tertiary/aromatic N) is 3. The third kappa shape index (κ3) is 15.3. The number of methoxy groups -OCH3 is 2. The number of hydrogen-bond donors (Lipinski definition) is 2. The van der Waals surface area contributed by atoms with Gasteiger partial charge in [-0.2, -0.15) is 0 Å². The Morgan fingerprint density at radius 2 is 1.01 bits per heavy atom. The van der Waals surface area contributed by atoms with Crippen molar-refractivity contribution in [3.05, 3.63) is 196 Å². The first-order chi connectivity index (χ1) is 33.1. The highest BCUT2D eigenvalue weighted by Crippen LogP contribution is 2.41. The molecule has 0 aliphatic carbocycles. The highest BCUT2D eigenvalue weighted by molar-refractivity contribution is 6.37. The monoisotopic (exact) mass is 1090 g/mol. The highest BCUT2D eigenvalue weighted by atomic mass is 35.5. The number of rotatable bonds is 12. The second kappa shape index (κ2) is 26.5. The predicted octanol–water partition coefficient (Wildman–Crippen LogP) is 13.7. The normalized spacial score (nSPS) is 17.9. The molecule has 0 saturated carbocycles. The van der Waals surface area contributed by atoms with Crippen LogP contribution in [-0.2, 0) is 31.9 Å². The number of carboxylic acid groups (broad SMARTS) is 1. The molecule has 2 aliphatic rings. The van der Waals surface area contributed by atoms with Gasteiger partial charge in [0.25, 0.3) is 0 Å². The molecule has 0 bridgehead atoms. The first kappa shape index (κ1) is 54.4. The Bertz CT molecular complexity index is 2640. The molecule has 0 aromatic heterocycles. The summed E-state index contributed by atoms with van der Waals surface area (Å²) in [5.41, 5.74) is 5.61. The number of carbonyl (C=O) groups excluding carboxylic acids is 1. The van der Waals surface area contributed by atoms with Gasteiger partial charge in [0.2, 0.25) is 5.91 Å². The molecule has 6 aromatic carbocycles. The lowest BCUT2D eigenvalue weighted by atomic mass is 9.92. The summed E-state index contributed by atoms with van der Waals surface area (Å²) in [6.07, 6.45) is 0.288. The summed E-state index contributed by atoms with van der Waals surface area (Å²) >= 11 is 49.3. The summed E-state index contributed by atoms with van der Waals surface area (Å²) in [5, 5.41) is 16.9. The second-order valence-corrected chi connectivity index (χ2v) is 19.6. The molecular formula is C52H50Cl8N4O5. The Morgan fingerprint density at radius 1 is 0.551 bits per heavy atom. The number of benzene rings is 6. The van der Waals surface area contributed by atoms with E-state index in [9.17, 15) is 9.59 Å². The fraction of sp³-hybridized carbons (Fsp3) is 0.269. The summed E-state index contributed by atoms with van der Waals surface area (Å²) in [6, 6.07) is 40.7. The average molecular weight is 1090 g/mol.